The van der Waals surface area contributed by atoms with E-state index < -0.39 is 17.9 Å². The van der Waals surface area contributed by atoms with Gasteiger partial charge < -0.3 is 14.8 Å². The van der Waals surface area contributed by atoms with Gasteiger partial charge in [-0.15, -0.1) is 0 Å². The molecule has 0 unspecified atom stereocenters. The molecule has 1 aliphatic rings. The summed E-state index contributed by atoms with van der Waals surface area (Å²) in [5.74, 6) is -0.583. The summed E-state index contributed by atoms with van der Waals surface area (Å²) in [5.41, 5.74) is 2.61. The molecule has 1 N–H and O–H groups in total. The van der Waals surface area contributed by atoms with Crippen molar-refractivity contribution in [3.63, 3.8) is 0 Å². The second kappa shape index (κ2) is 8.91. The zero-order valence-electron chi connectivity index (χ0n) is 15.9. The number of amides is 3. The van der Waals surface area contributed by atoms with Crippen molar-refractivity contribution in [1.82, 2.24) is 10.2 Å². The normalized spacial score (nSPS) is 14.9. The van der Waals surface area contributed by atoms with E-state index >= 15 is 0 Å². The lowest BCUT2D eigenvalue weighted by atomic mass is 10.1. The molecule has 2 aromatic carbocycles. The van der Waals surface area contributed by atoms with Crippen molar-refractivity contribution in [1.29, 1.82) is 0 Å². The van der Waals surface area contributed by atoms with Crippen molar-refractivity contribution < 1.29 is 23.9 Å². The molecule has 3 rings (SSSR count). The van der Waals surface area contributed by atoms with Crippen molar-refractivity contribution in [3.05, 3.63) is 69.3 Å². The standard InChI is InChI=1S/C21H19BrN2O5/c1-13-3-5-14(6-4-13)11-24-20(26)17(23-21(24)27)10-15-9-16(22)7-8-18(15)29-12-19(25)28-2/h3-10H,11-12H2,1-2H3,(H,23,27)/b17-10+. The predicted molar refractivity (Wildman–Crippen MR) is 110 cm³/mol. The third-order valence-electron chi connectivity index (χ3n) is 4.27. The molecule has 1 fully saturated rings. The zero-order valence-corrected chi connectivity index (χ0v) is 17.5. The fraction of sp³-hybridized carbons (Fsp3) is 0.190. The fourth-order valence-corrected chi connectivity index (χ4v) is 3.08. The van der Waals surface area contributed by atoms with Gasteiger partial charge in [-0.2, -0.15) is 0 Å². The molecule has 29 heavy (non-hydrogen) atoms. The zero-order chi connectivity index (χ0) is 21.0. The summed E-state index contributed by atoms with van der Waals surface area (Å²) in [5, 5.41) is 2.59. The summed E-state index contributed by atoms with van der Waals surface area (Å²) >= 11 is 3.37. The van der Waals surface area contributed by atoms with Gasteiger partial charge in [0.25, 0.3) is 5.91 Å². The number of imide groups is 1. The molecule has 0 atom stereocenters. The quantitative estimate of drug-likeness (QED) is 0.407. The minimum Gasteiger partial charge on any atom is -0.481 e. The van der Waals surface area contributed by atoms with Crippen LogP contribution in [0.3, 0.4) is 0 Å². The Morgan fingerprint density at radius 2 is 1.90 bits per heavy atom. The average Bonchev–Trinajstić information content (AvgIpc) is 2.96. The molecule has 2 aromatic rings. The lowest BCUT2D eigenvalue weighted by Crippen LogP contribution is -2.30. The number of esters is 1. The first-order valence-corrected chi connectivity index (χ1v) is 9.56. The second-order valence-corrected chi connectivity index (χ2v) is 7.33. The third kappa shape index (κ3) is 5.03. The molecular weight excluding hydrogens is 440 g/mol. The Morgan fingerprint density at radius 1 is 1.17 bits per heavy atom. The Balaban J connectivity index is 1.82. The first-order chi connectivity index (χ1) is 13.9. The van der Waals surface area contributed by atoms with Gasteiger partial charge in [-0.05, 0) is 36.8 Å². The summed E-state index contributed by atoms with van der Waals surface area (Å²) in [4.78, 5) is 37.6. The van der Waals surface area contributed by atoms with Crippen LogP contribution in [0.4, 0.5) is 4.79 Å². The monoisotopic (exact) mass is 458 g/mol. The van der Waals surface area contributed by atoms with E-state index in [4.69, 9.17) is 4.74 Å². The number of carbonyl (C=O) groups is 3. The number of hydrogen-bond acceptors (Lipinski definition) is 5. The number of carbonyl (C=O) groups excluding carboxylic acids is 3. The number of ether oxygens (including phenoxy) is 2. The van der Waals surface area contributed by atoms with Crippen LogP contribution in [0.2, 0.25) is 0 Å². The fourth-order valence-electron chi connectivity index (χ4n) is 2.71. The van der Waals surface area contributed by atoms with Crippen LogP contribution in [-0.4, -0.2) is 36.5 Å². The highest BCUT2D eigenvalue weighted by Crippen LogP contribution is 2.27. The van der Waals surface area contributed by atoms with Gasteiger partial charge in [0.1, 0.15) is 11.4 Å². The predicted octanol–water partition coefficient (Wildman–Crippen LogP) is 3.40. The number of nitrogens with one attached hydrogen (secondary N) is 1. The van der Waals surface area contributed by atoms with E-state index in [1.165, 1.54) is 13.2 Å². The van der Waals surface area contributed by atoms with Gasteiger partial charge in [-0.3, -0.25) is 9.69 Å². The van der Waals surface area contributed by atoms with Crippen molar-refractivity contribution in [2.24, 2.45) is 0 Å². The lowest BCUT2D eigenvalue weighted by molar-refractivity contribution is -0.142. The summed E-state index contributed by atoms with van der Waals surface area (Å²) in [6, 6.07) is 12.2. The molecule has 1 aliphatic heterocycles. The number of nitrogens with zero attached hydrogens (tertiary/aromatic N) is 1. The average molecular weight is 459 g/mol. The minimum absolute atomic E-state index is 0.128. The van der Waals surface area contributed by atoms with Gasteiger partial charge >= 0.3 is 12.0 Å². The van der Waals surface area contributed by atoms with E-state index in [1.54, 1.807) is 18.2 Å². The Morgan fingerprint density at radius 3 is 2.59 bits per heavy atom. The highest BCUT2D eigenvalue weighted by Gasteiger charge is 2.33. The lowest BCUT2D eigenvalue weighted by Gasteiger charge is -2.12. The van der Waals surface area contributed by atoms with E-state index in [2.05, 4.69) is 26.0 Å². The third-order valence-corrected chi connectivity index (χ3v) is 4.76. The largest absolute Gasteiger partial charge is 0.481 e. The van der Waals surface area contributed by atoms with Crippen molar-refractivity contribution in [2.45, 2.75) is 13.5 Å². The van der Waals surface area contributed by atoms with E-state index in [-0.39, 0.29) is 18.8 Å². The van der Waals surface area contributed by atoms with Crippen molar-refractivity contribution >= 4 is 39.9 Å². The molecule has 0 radical (unpaired) electrons. The Hall–Kier alpha value is -3.13. The smallest absolute Gasteiger partial charge is 0.343 e. The molecule has 1 saturated heterocycles. The molecule has 0 spiro atoms. The van der Waals surface area contributed by atoms with Gasteiger partial charge in [0.05, 0.1) is 13.7 Å². The SMILES string of the molecule is COC(=O)COc1ccc(Br)cc1/C=C1/NC(=O)N(Cc2ccc(C)cc2)C1=O. The van der Waals surface area contributed by atoms with Crippen LogP contribution >= 0.6 is 15.9 Å². The molecule has 0 aliphatic carbocycles. The maximum atomic E-state index is 12.7. The van der Waals surface area contributed by atoms with E-state index in [0.29, 0.717) is 11.3 Å². The van der Waals surface area contributed by atoms with Gasteiger partial charge in [-0.25, -0.2) is 9.59 Å². The van der Waals surface area contributed by atoms with Crippen molar-refractivity contribution in [3.8, 4) is 5.75 Å². The number of hydrogen-bond donors (Lipinski definition) is 1. The molecule has 150 valence electrons. The number of rotatable bonds is 6. The summed E-state index contributed by atoms with van der Waals surface area (Å²) in [6.07, 6.45) is 1.52. The molecule has 1 heterocycles. The highest BCUT2D eigenvalue weighted by molar-refractivity contribution is 9.10. The van der Waals surface area contributed by atoms with Gasteiger partial charge in [0, 0.05) is 10.0 Å². The molecule has 3 amide bonds. The maximum absolute atomic E-state index is 12.7. The topological polar surface area (TPSA) is 84.9 Å². The molecule has 0 saturated carbocycles. The van der Waals surface area contributed by atoms with Crippen LogP contribution in [0.25, 0.3) is 6.08 Å². The summed E-state index contributed by atoms with van der Waals surface area (Å²) in [6.45, 7) is 1.87. The second-order valence-electron chi connectivity index (χ2n) is 6.41. The first kappa shape index (κ1) is 20.6. The minimum atomic E-state index is -0.527. The molecule has 0 aromatic heterocycles. The molecule has 8 heteroatoms. The van der Waals surface area contributed by atoms with Crippen LogP contribution in [0, 0.1) is 6.92 Å². The van der Waals surface area contributed by atoms with Crippen LogP contribution in [0.5, 0.6) is 5.75 Å². The van der Waals surface area contributed by atoms with Crippen LogP contribution in [0.15, 0.2) is 52.6 Å². The van der Waals surface area contributed by atoms with Crippen molar-refractivity contribution in [2.75, 3.05) is 13.7 Å². The number of aryl methyl sites for hydroxylation is 1. The van der Waals surface area contributed by atoms with E-state index in [0.717, 1.165) is 20.5 Å². The summed E-state index contributed by atoms with van der Waals surface area (Å²) in [7, 11) is 1.27. The van der Waals surface area contributed by atoms with E-state index in [9.17, 15) is 14.4 Å². The number of halogens is 1. The Kier molecular flexibility index (Phi) is 6.33. The molecular formula is C21H19BrN2O5. The first-order valence-electron chi connectivity index (χ1n) is 8.76. The molecule has 0 bridgehead atoms. The van der Waals surface area contributed by atoms with Gasteiger partial charge in [0.15, 0.2) is 6.61 Å². The van der Waals surface area contributed by atoms with Gasteiger partial charge in [0.2, 0.25) is 0 Å². The molecule has 7 nitrogen and oxygen atoms in total. The maximum Gasteiger partial charge on any atom is 0.343 e. The summed E-state index contributed by atoms with van der Waals surface area (Å²) < 4.78 is 10.8. The Bertz CT molecular complexity index is 985. The number of benzene rings is 2. The number of urea groups is 1. The van der Waals surface area contributed by atoms with Crippen LogP contribution in [0.1, 0.15) is 16.7 Å². The van der Waals surface area contributed by atoms with E-state index in [1.807, 2.05) is 31.2 Å². The van der Waals surface area contributed by atoms with Crippen LogP contribution < -0.4 is 10.1 Å². The highest BCUT2D eigenvalue weighted by atomic mass is 79.9. The van der Waals surface area contributed by atoms with Gasteiger partial charge in [-0.1, -0.05) is 45.8 Å². The number of methoxy groups -OCH3 is 1. The Labute approximate surface area is 176 Å². The van der Waals surface area contributed by atoms with Crippen LogP contribution in [-0.2, 0) is 20.9 Å².